The summed E-state index contributed by atoms with van der Waals surface area (Å²) in [6, 6.07) is 20.4. The second-order valence-electron chi connectivity index (χ2n) is 8.87. The number of rotatable bonds is 9. The maximum absolute atomic E-state index is 11.2. The maximum atomic E-state index is 11.2. The summed E-state index contributed by atoms with van der Waals surface area (Å²) in [7, 11) is 0. The molecule has 0 heterocycles. The summed E-state index contributed by atoms with van der Waals surface area (Å²) >= 11 is 0. The van der Waals surface area contributed by atoms with Crippen molar-refractivity contribution in [3.63, 3.8) is 0 Å². The summed E-state index contributed by atoms with van der Waals surface area (Å²) in [6.45, 7) is 4.41. The average Bonchev–Trinajstić information content (AvgIpc) is 2.81. The number of hydrogen-bond acceptors (Lipinski definition) is 2. The van der Waals surface area contributed by atoms with Crippen molar-refractivity contribution in [2.75, 3.05) is 0 Å². The Kier molecular flexibility index (Phi) is 6.99. The van der Waals surface area contributed by atoms with Crippen molar-refractivity contribution in [1.29, 1.82) is 0 Å². The van der Waals surface area contributed by atoms with Crippen LogP contribution < -0.4 is 0 Å². The normalized spacial score (nSPS) is 11.4. The number of phenolic OH excluding ortho intramolecular Hbond substituents is 2. The van der Waals surface area contributed by atoms with Crippen molar-refractivity contribution in [3.05, 3.63) is 71.8 Å². The van der Waals surface area contributed by atoms with Gasteiger partial charge in [0, 0.05) is 11.1 Å². The van der Waals surface area contributed by atoms with E-state index in [-0.39, 0.29) is 11.5 Å². The molecule has 4 aromatic carbocycles. The monoisotopic (exact) mass is 426 g/mol. The third-order valence-corrected chi connectivity index (χ3v) is 6.57. The molecule has 0 saturated carbocycles. The van der Waals surface area contributed by atoms with Crippen LogP contribution >= 0.6 is 0 Å². The van der Waals surface area contributed by atoms with Gasteiger partial charge in [0.2, 0.25) is 0 Å². The highest BCUT2D eigenvalue weighted by Crippen LogP contribution is 2.46. The van der Waals surface area contributed by atoms with Gasteiger partial charge in [-0.1, -0.05) is 88.1 Å². The molecule has 0 atom stereocenters. The smallest absolute Gasteiger partial charge is 0.124 e. The van der Waals surface area contributed by atoms with Crippen molar-refractivity contribution in [2.45, 2.75) is 65.2 Å². The number of hydrogen-bond donors (Lipinski definition) is 2. The summed E-state index contributed by atoms with van der Waals surface area (Å²) in [5.74, 6) is 0.490. The van der Waals surface area contributed by atoms with Crippen LogP contribution in [0.4, 0.5) is 0 Å². The van der Waals surface area contributed by atoms with Gasteiger partial charge < -0.3 is 10.2 Å². The van der Waals surface area contributed by atoms with Crippen LogP contribution in [0.5, 0.6) is 11.5 Å². The molecule has 32 heavy (non-hydrogen) atoms. The van der Waals surface area contributed by atoms with Gasteiger partial charge in [-0.25, -0.2) is 0 Å². The summed E-state index contributed by atoms with van der Waals surface area (Å²) < 4.78 is 0. The highest BCUT2D eigenvalue weighted by molar-refractivity contribution is 6.11. The van der Waals surface area contributed by atoms with E-state index in [2.05, 4.69) is 50.2 Å². The molecular formula is C30H34O2. The zero-order valence-electron chi connectivity index (χ0n) is 19.3. The van der Waals surface area contributed by atoms with E-state index in [0.29, 0.717) is 0 Å². The van der Waals surface area contributed by atoms with Gasteiger partial charge in [0.25, 0.3) is 0 Å². The lowest BCUT2D eigenvalue weighted by molar-refractivity contribution is 0.469. The van der Waals surface area contributed by atoms with Gasteiger partial charge in [0.1, 0.15) is 11.5 Å². The number of benzene rings is 4. The van der Waals surface area contributed by atoms with Crippen LogP contribution in [-0.4, -0.2) is 10.2 Å². The predicted octanol–water partition coefficient (Wildman–Crippen LogP) is 8.54. The first-order valence-corrected chi connectivity index (χ1v) is 12.1. The maximum Gasteiger partial charge on any atom is 0.124 e. The van der Waals surface area contributed by atoms with E-state index in [1.807, 2.05) is 24.3 Å². The summed E-state index contributed by atoms with van der Waals surface area (Å²) in [6.07, 6.45) is 8.83. The molecule has 0 aliphatic heterocycles. The standard InChI is InChI=1S/C30H34O2/c1-3-5-7-13-21-19-27(31)29(25-17-11-9-15-23(21)25)30-26-18-12-10-16-24(26)22(20-28(30)32)14-8-6-4-2/h9-12,15-20,31-32H,3-8,13-14H2,1-2H3. The molecule has 2 N–H and O–H groups in total. The molecule has 0 spiro atoms. The van der Waals surface area contributed by atoms with Gasteiger partial charge in [-0.15, -0.1) is 0 Å². The zero-order chi connectivity index (χ0) is 22.5. The average molecular weight is 427 g/mol. The molecule has 0 saturated heterocycles. The van der Waals surface area contributed by atoms with E-state index in [4.69, 9.17) is 0 Å². The molecule has 0 aliphatic rings. The Hall–Kier alpha value is -3.00. The van der Waals surface area contributed by atoms with E-state index in [0.717, 1.165) is 58.4 Å². The number of aryl methyl sites for hydroxylation is 2. The first-order valence-electron chi connectivity index (χ1n) is 12.1. The minimum Gasteiger partial charge on any atom is -0.507 e. The lowest BCUT2D eigenvalue weighted by atomic mass is 9.87. The van der Waals surface area contributed by atoms with Gasteiger partial charge in [-0.3, -0.25) is 0 Å². The number of fused-ring (bicyclic) bond motifs is 2. The molecule has 0 fully saturated rings. The summed E-state index contributed by atoms with van der Waals surface area (Å²) in [4.78, 5) is 0. The first-order chi connectivity index (χ1) is 15.7. The van der Waals surface area contributed by atoms with Gasteiger partial charge in [0.05, 0.1) is 0 Å². The van der Waals surface area contributed by atoms with Gasteiger partial charge in [-0.05, 0) is 70.5 Å². The van der Waals surface area contributed by atoms with Gasteiger partial charge in [0.15, 0.2) is 0 Å². The van der Waals surface area contributed by atoms with Crippen LogP contribution in [0.1, 0.15) is 63.5 Å². The summed E-state index contributed by atoms with van der Waals surface area (Å²) in [5.41, 5.74) is 3.81. The van der Waals surface area contributed by atoms with Crippen LogP contribution in [0.15, 0.2) is 60.7 Å². The number of phenols is 2. The predicted molar refractivity (Wildman–Crippen MR) is 137 cm³/mol. The van der Waals surface area contributed by atoms with Crippen LogP contribution in [-0.2, 0) is 12.8 Å². The molecule has 0 aromatic heterocycles. The Labute approximate surface area is 191 Å². The fraction of sp³-hybridized carbons (Fsp3) is 0.333. The lowest BCUT2D eigenvalue weighted by Crippen LogP contribution is -1.95. The van der Waals surface area contributed by atoms with E-state index in [1.165, 1.54) is 36.8 Å². The van der Waals surface area contributed by atoms with Crippen LogP contribution in [0, 0.1) is 0 Å². The second kappa shape index (κ2) is 10.1. The van der Waals surface area contributed by atoms with Gasteiger partial charge in [-0.2, -0.15) is 0 Å². The molecule has 4 rings (SSSR count). The molecule has 0 bridgehead atoms. The molecule has 0 unspecified atom stereocenters. The zero-order valence-corrected chi connectivity index (χ0v) is 19.3. The highest BCUT2D eigenvalue weighted by Gasteiger charge is 2.20. The Balaban J connectivity index is 1.92. The van der Waals surface area contributed by atoms with E-state index in [9.17, 15) is 10.2 Å². The second-order valence-corrected chi connectivity index (χ2v) is 8.87. The summed E-state index contributed by atoms with van der Waals surface area (Å²) in [5, 5.41) is 26.7. The molecule has 0 amide bonds. The highest BCUT2D eigenvalue weighted by atomic mass is 16.3. The number of unbranched alkanes of at least 4 members (excludes halogenated alkanes) is 4. The Morgan fingerprint density at radius 2 is 0.906 bits per heavy atom. The minimum atomic E-state index is 0.245. The van der Waals surface area contributed by atoms with Crippen molar-refractivity contribution in [1.82, 2.24) is 0 Å². The fourth-order valence-electron chi connectivity index (χ4n) is 4.94. The lowest BCUT2D eigenvalue weighted by Gasteiger charge is -2.18. The van der Waals surface area contributed by atoms with E-state index >= 15 is 0 Å². The van der Waals surface area contributed by atoms with E-state index in [1.54, 1.807) is 0 Å². The third kappa shape index (κ3) is 4.32. The van der Waals surface area contributed by atoms with Crippen molar-refractivity contribution in [3.8, 4) is 22.6 Å². The third-order valence-electron chi connectivity index (χ3n) is 6.57. The van der Waals surface area contributed by atoms with E-state index < -0.39 is 0 Å². The molecule has 2 heteroatoms. The Bertz CT molecular complexity index is 1130. The molecule has 166 valence electrons. The topological polar surface area (TPSA) is 40.5 Å². The van der Waals surface area contributed by atoms with Crippen LogP contribution in [0.2, 0.25) is 0 Å². The van der Waals surface area contributed by atoms with Crippen LogP contribution in [0.3, 0.4) is 0 Å². The molecule has 4 aromatic rings. The molecule has 0 radical (unpaired) electrons. The largest absolute Gasteiger partial charge is 0.507 e. The fourth-order valence-corrected chi connectivity index (χ4v) is 4.94. The molecule has 0 aliphatic carbocycles. The Morgan fingerprint density at radius 3 is 1.28 bits per heavy atom. The number of aromatic hydroxyl groups is 2. The van der Waals surface area contributed by atoms with Crippen LogP contribution in [0.25, 0.3) is 32.7 Å². The first kappa shape index (κ1) is 22.2. The van der Waals surface area contributed by atoms with Gasteiger partial charge >= 0.3 is 0 Å². The van der Waals surface area contributed by atoms with Crippen molar-refractivity contribution < 1.29 is 10.2 Å². The van der Waals surface area contributed by atoms with Crippen molar-refractivity contribution >= 4 is 21.5 Å². The quantitative estimate of drug-likeness (QED) is 0.263. The SMILES string of the molecule is CCCCCc1cc(O)c(-c2c(O)cc(CCCCC)c3ccccc23)c2ccccc12. The molecular weight excluding hydrogens is 392 g/mol. The molecule has 2 nitrogen and oxygen atoms in total. The Morgan fingerprint density at radius 1 is 0.531 bits per heavy atom. The van der Waals surface area contributed by atoms with Crippen molar-refractivity contribution in [2.24, 2.45) is 0 Å². The minimum absolute atomic E-state index is 0.245.